The largest absolute Gasteiger partial charge is 0.490 e. The average Bonchev–Trinajstić information content (AvgIpc) is 2.40. The molecule has 5 heteroatoms. The van der Waals surface area contributed by atoms with Crippen molar-refractivity contribution in [3.8, 4) is 11.5 Å². The molecule has 2 N–H and O–H groups in total. The normalized spacial score (nSPS) is 10.2. The summed E-state index contributed by atoms with van der Waals surface area (Å²) in [6.07, 6.45) is 0. The van der Waals surface area contributed by atoms with Gasteiger partial charge in [-0.2, -0.15) is 0 Å². The van der Waals surface area contributed by atoms with E-state index in [2.05, 4.69) is 15.9 Å². The summed E-state index contributed by atoms with van der Waals surface area (Å²) in [5.74, 6) is 0.705. The molecule has 0 heterocycles. The van der Waals surface area contributed by atoms with Crippen LogP contribution in [0.3, 0.4) is 0 Å². The predicted molar refractivity (Wildman–Crippen MR) is 75.9 cm³/mol. The zero-order valence-corrected chi connectivity index (χ0v) is 11.7. The van der Waals surface area contributed by atoms with Gasteiger partial charge in [0, 0.05) is 10.5 Å². The van der Waals surface area contributed by atoms with Gasteiger partial charge in [0.1, 0.15) is 30.5 Å². The van der Waals surface area contributed by atoms with Gasteiger partial charge in [-0.25, -0.2) is 4.39 Å². The fourth-order valence-corrected chi connectivity index (χ4v) is 1.74. The van der Waals surface area contributed by atoms with Gasteiger partial charge in [0.25, 0.3) is 0 Å². The van der Waals surface area contributed by atoms with E-state index in [4.69, 9.17) is 15.2 Å². The Balaban J connectivity index is 1.80. The second-order valence-electron chi connectivity index (χ2n) is 3.83. The fraction of sp³-hybridized carbons (Fsp3) is 0.143. The van der Waals surface area contributed by atoms with Crippen LogP contribution in [0.15, 0.2) is 46.9 Å². The summed E-state index contributed by atoms with van der Waals surface area (Å²) in [4.78, 5) is 0. The van der Waals surface area contributed by atoms with Crippen molar-refractivity contribution in [3.05, 3.63) is 52.8 Å². The highest BCUT2D eigenvalue weighted by atomic mass is 79.9. The van der Waals surface area contributed by atoms with Crippen molar-refractivity contribution in [1.29, 1.82) is 0 Å². The molecule has 0 aliphatic carbocycles. The quantitative estimate of drug-likeness (QED) is 0.674. The number of benzene rings is 2. The number of rotatable bonds is 5. The molecule has 2 aromatic rings. The number of hydrogen-bond donors (Lipinski definition) is 1. The van der Waals surface area contributed by atoms with Gasteiger partial charge in [-0.1, -0.05) is 15.9 Å². The average molecular weight is 326 g/mol. The Labute approximate surface area is 119 Å². The van der Waals surface area contributed by atoms with E-state index in [9.17, 15) is 4.39 Å². The van der Waals surface area contributed by atoms with Gasteiger partial charge >= 0.3 is 0 Å². The van der Waals surface area contributed by atoms with Crippen LogP contribution in [-0.2, 0) is 0 Å². The van der Waals surface area contributed by atoms with Crippen LogP contribution < -0.4 is 15.2 Å². The number of hydrogen-bond acceptors (Lipinski definition) is 3. The Hall–Kier alpha value is -1.75. The zero-order valence-electron chi connectivity index (χ0n) is 10.1. The van der Waals surface area contributed by atoms with Crippen molar-refractivity contribution < 1.29 is 13.9 Å². The van der Waals surface area contributed by atoms with Gasteiger partial charge in [0.2, 0.25) is 0 Å². The standard InChI is InChI=1S/C14H13BrFNO2/c15-10-1-4-12(5-2-10)18-7-8-19-14-9-11(16)3-6-13(14)17/h1-6,9H,7-8,17H2. The molecule has 0 fully saturated rings. The molecule has 0 bridgehead atoms. The molecule has 0 saturated heterocycles. The maximum absolute atomic E-state index is 13.0. The van der Waals surface area contributed by atoms with Gasteiger partial charge in [0.15, 0.2) is 0 Å². The van der Waals surface area contributed by atoms with Gasteiger partial charge in [0.05, 0.1) is 5.69 Å². The summed E-state index contributed by atoms with van der Waals surface area (Å²) < 4.78 is 24.8. The smallest absolute Gasteiger partial charge is 0.145 e. The molecule has 0 radical (unpaired) electrons. The lowest BCUT2D eigenvalue weighted by Gasteiger charge is -2.10. The first-order valence-corrected chi connectivity index (χ1v) is 6.50. The van der Waals surface area contributed by atoms with Crippen LogP contribution in [0, 0.1) is 5.82 Å². The van der Waals surface area contributed by atoms with E-state index in [1.807, 2.05) is 24.3 Å². The number of nitrogen functional groups attached to an aromatic ring is 1. The molecule has 0 amide bonds. The van der Waals surface area contributed by atoms with Crippen molar-refractivity contribution in [1.82, 2.24) is 0 Å². The van der Waals surface area contributed by atoms with E-state index < -0.39 is 0 Å². The molecule has 0 saturated carbocycles. The molecule has 19 heavy (non-hydrogen) atoms. The summed E-state index contributed by atoms with van der Waals surface area (Å²) in [5, 5.41) is 0. The van der Waals surface area contributed by atoms with E-state index in [0.29, 0.717) is 24.7 Å². The van der Waals surface area contributed by atoms with Gasteiger partial charge in [-0.3, -0.25) is 0 Å². The number of anilines is 1. The summed E-state index contributed by atoms with van der Waals surface area (Å²) in [6.45, 7) is 0.654. The minimum absolute atomic E-state index is 0.295. The molecule has 0 aliphatic heterocycles. The minimum atomic E-state index is -0.377. The number of nitrogens with two attached hydrogens (primary N) is 1. The molecular weight excluding hydrogens is 313 g/mol. The molecule has 0 aromatic heterocycles. The highest BCUT2D eigenvalue weighted by Crippen LogP contribution is 2.22. The van der Waals surface area contributed by atoms with Gasteiger partial charge < -0.3 is 15.2 Å². The first-order valence-electron chi connectivity index (χ1n) is 5.71. The van der Waals surface area contributed by atoms with Crippen LogP contribution in [0.4, 0.5) is 10.1 Å². The molecule has 0 unspecified atom stereocenters. The Morgan fingerprint density at radius 1 is 1.00 bits per heavy atom. The third kappa shape index (κ3) is 4.13. The number of halogens is 2. The highest BCUT2D eigenvalue weighted by molar-refractivity contribution is 9.10. The van der Waals surface area contributed by atoms with Crippen molar-refractivity contribution >= 4 is 21.6 Å². The van der Waals surface area contributed by atoms with Crippen LogP contribution >= 0.6 is 15.9 Å². The van der Waals surface area contributed by atoms with E-state index in [1.54, 1.807) is 0 Å². The summed E-state index contributed by atoms with van der Waals surface area (Å²) >= 11 is 3.34. The third-order valence-corrected chi connectivity index (χ3v) is 2.93. The van der Waals surface area contributed by atoms with Crippen LogP contribution in [0.25, 0.3) is 0 Å². The van der Waals surface area contributed by atoms with Crippen LogP contribution in [-0.4, -0.2) is 13.2 Å². The molecule has 100 valence electrons. The first-order chi connectivity index (χ1) is 9.15. The lowest BCUT2D eigenvalue weighted by molar-refractivity contribution is 0.217. The SMILES string of the molecule is Nc1ccc(F)cc1OCCOc1ccc(Br)cc1. The van der Waals surface area contributed by atoms with Crippen molar-refractivity contribution in [2.45, 2.75) is 0 Å². The van der Waals surface area contributed by atoms with Crippen molar-refractivity contribution in [2.75, 3.05) is 18.9 Å². The lowest BCUT2D eigenvalue weighted by Crippen LogP contribution is -2.10. The molecule has 3 nitrogen and oxygen atoms in total. The summed E-state index contributed by atoms with van der Waals surface area (Å²) in [6, 6.07) is 11.5. The summed E-state index contributed by atoms with van der Waals surface area (Å²) in [7, 11) is 0. The Bertz CT molecular complexity index is 546. The topological polar surface area (TPSA) is 44.5 Å². The van der Waals surface area contributed by atoms with E-state index in [0.717, 1.165) is 10.2 Å². The zero-order chi connectivity index (χ0) is 13.7. The van der Waals surface area contributed by atoms with Crippen molar-refractivity contribution in [2.24, 2.45) is 0 Å². The van der Waals surface area contributed by atoms with E-state index >= 15 is 0 Å². The van der Waals surface area contributed by atoms with Gasteiger partial charge in [-0.05, 0) is 36.4 Å². The van der Waals surface area contributed by atoms with Gasteiger partial charge in [-0.15, -0.1) is 0 Å². The summed E-state index contributed by atoms with van der Waals surface area (Å²) in [5.41, 5.74) is 6.07. The Morgan fingerprint density at radius 2 is 1.68 bits per heavy atom. The third-order valence-electron chi connectivity index (χ3n) is 2.40. The molecule has 0 aliphatic rings. The van der Waals surface area contributed by atoms with E-state index in [1.165, 1.54) is 18.2 Å². The second-order valence-corrected chi connectivity index (χ2v) is 4.75. The molecule has 2 aromatic carbocycles. The predicted octanol–water partition coefficient (Wildman–Crippen LogP) is 3.63. The second kappa shape index (κ2) is 6.43. The maximum atomic E-state index is 13.0. The fourth-order valence-electron chi connectivity index (χ4n) is 1.48. The lowest BCUT2D eigenvalue weighted by atomic mass is 10.3. The molecule has 0 atom stereocenters. The highest BCUT2D eigenvalue weighted by Gasteiger charge is 2.02. The first kappa shape index (κ1) is 13.7. The Morgan fingerprint density at radius 3 is 2.42 bits per heavy atom. The maximum Gasteiger partial charge on any atom is 0.145 e. The number of ether oxygens (including phenoxy) is 2. The Kier molecular flexibility index (Phi) is 4.63. The van der Waals surface area contributed by atoms with E-state index in [-0.39, 0.29) is 5.82 Å². The molecule has 2 rings (SSSR count). The van der Waals surface area contributed by atoms with Crippen LogP contribution in [0.1, 0.15) is 0 Å². The van der Waals surface area contributed by atoms with Crippen LogP contribution in [0.5, 0.6) is 11.5 Å². The van der Waals surface area contributed by atoms with Crippen molar-refractivity contribution in [3.63, 3.8) is 0 Å². The monoisotopic (exact) mass is 325 g/mol. The molecule has 0 spiro atoms. The molecular formula is C14H13BrFNO2. The van der Waals surface area contributed by atoms with Crippen LogP contribution in [0.2, 0.25) is 0 Å². The minimum Gasteiger partial charge on any atom is -0.490 e.